The standard InChI is InChI=1S/C21H40O2Si2.C13H17F3O3S/c1-13-17-14-18(22-24(9,10)20(3,4)5)15-19(16(17)2)23-25(11,12)21(6,7)8;1-8-6-9-7-12(9)10(4-3-5-11(8,12)2)19-20(17,18)13(14,15)16/h1,18-19H,14-15H2,2-12H3;4,8-9H,3,5-7H2,1-2H3/t;8-,9?,11+,12?/m.0/s1. The highest BCUT2D eigenvalue weighted by atomic mass is 32.2. The molecule has 2 fully saturated rings. The van der Waals surface area contributed by atoms with Crippen molar-refractivity contribution in [2.24, 2.45) is 22.7 Å². The van der Waals surface area contributed by atoms with E-state index in [4.69, 9.17) is 15.3 Å². The quantitative estimate of drug-likeness (QED) is 0.120. The Hall–Kier alpha value is -1.07. The maximum Gasteiger partial charge on any atom is 0.534 e. The molecular formula is C34H57F3O5SSi2. The summed E-state index contributed by atoms with van der Waals surface area (Å²) in [4.78, 5) is 0. The van der Waals surface area contributed by atoms with E-state index in [1.807, 2.05) is 0 Å². The van der Waals surface area contributed by atoms with E-state index in [2.05, 4.69) is 98.6 Å². The summed E-state index contributed by atoms with van der Waals surface area (Å²) in [6, 6.07) is 0. The van der Waals surface area contributed by atoms with Gasteiger partial charge in [-0.25, -0.2) is 0 Å². The topological polar surface area (TPSA) is 61.8 Å². The molecule has 4 unspecified atom stereocenters. The zero-order valence-electron chi connectivity index (χ0n) is 29.8. The van der Waals surface area contributed by atoms with Crippen LogP contribution in [0.1, 0.15) is 101 Å². The lowest BCUT2D eigenvalue weighted by Crippen LogP contribution is -2.49. The van der Waals surface area contributed by atoms with Gasteiger partial charge < -0.3 is 13.0 Å². The summed E-state index contributed by atoms with van der Waals surface area (Å²) in [6.45, 7) is 29.3. The second-order valence-corrected chi connectivity index (χ2v) is 28.2. The molecule has 0 aromatic heterocycles. The van der Waals surface area contributed by atoms with Gasteiger partial charge in [-0.1, -0.05) is 61.3 Å². The Bertz CT molecular complexity index is 1350. The fraction of sp³-hybridized carbons (Fsp3) is 0.824. The Morgan fingerprint density at radius 3 is 2.00 bits per heavy atom. The van der Waals surface area contributed by atoms with Gasteiger partial charge in [-0.3, -0.25) is 0 Å². The van der Waals surface area contributed by atoms with Crippen molar-refractivity contribution < 1.29 is 34.6 Å². The first-order chi connectivity index (χ1) is 20.1. The molecule has 0 radical (unpaired) electrons. The van der Waals surface area contributed by atoms with Crippen molar-refractivity contribution in [3.8, 4) is 12.3 Å². The number of rotatable bonds is 6. The summed E-state index contributed by atoms with van der Waals surface area (Å²) >= 11 is 0. The number of terminal acetylenes is 1. The zero-order chi connectivity index (χ0) is 34.8. The van der Waals surface area contributed by atoms with Crippen LogP contribution in [0.3, 0.4) is 0 Å². The second kappa shape index (κ2) is 12.1. The number of halogens is 3. The van der Waals surface area contributed by atoms with Crippen LogP contribution >= 0.6 is 0 Å². The van der Waals surface area contributed by atoms with Crippen LogP contribution in [0.15, 0.2) is 23.0 Å². The Morgan fingerprint density at radius 2 is 1.51 bits per heavy atom. The van der Waals surface area contributed by atoms with Crippen LogP contribution in [0.2, 0.25) is 36.3 Å². The van der Waals surface area contributed by atoms with E-state index >= 15 is 0 Å². The molecule has 0 aromatic rings. The molecular weight excluding hydrogens is 634 g/mol. The molecule has 4 rings (SSSR count). The lowest BCUT2D eigenvalue weighted by atomic mass is 9.63. The van der Waals surface area contributed by atoms with E-state index < -0.39 is 37.7 Å². The summed E-state index contributed by atoms with van der Waals surface area (Å²) in [7, 11) is -9.23. The van der Waals surface area contributed by atoms with Crippen LogP contribution in [-0.4, -0.2) is 42.8 Å². The van der Waals surface area contributed by atoms with Crippen LogP contribution in [0.5, 0.6) is 0 Å². The maximum atomic E-state index is 12.5. The van der Waals surface area contributed by atoms with Crippen molar-refractivity contribution in [1.82, 2.24) is 0 Å². The van der Waals surface area contributed by atoms with Gasteiger partial charge in [-0.15, -0.1) is 6.42 Å². The molecule has 6 atom stereocenters. The third-order valence-electron chi connectivity index (χ3n) is 12.3. The number of allylic oxidation sites excluding steroid dienone is 2. The van der Waals surface area contributed by atoms with Crippen molar-refractivity contribution in [1.29, 1.82) is 0 Å². The van der Waals surface area contributed by atoms with Gasteiger partial charge in [-0.05, 0) is 97.8 Å². The predicted molar refractivity (Wildman–Crippen MR) is 181 cm³/mol. The molecule has 1 spiro atoms. The molecule has 5 nitrogen and oxygen atoms in total. The van der Waals surface area contributed by atoms with Crippen molar-refractivity contribution in [2.75, 3.05) is 0 Å². The van der Waals surface area contributed by atoms with Gasteiger partial charge in [0.25, 0.3) is 0 Å². The van der Waals surface area contributed by atoms with Gasteiger partial charge in [-0.2, -0.15) is 21.6 Å². The van der Waals surface area contributed by atoms with Crippen LogP contribution < -0.4 is 0 Å². The van der Waals surface area contributed by atoms with Gasteiger partial charge in [0.15, 0.2) is 16.6 Å². The third-order valence-corrected chi connectivity index (χ3v) is 22.3. The lowest BCUT2D eigenvalue weighted by molar-refractivity contribution is -0.0541. The molecule has 45 heavy (non-hydrogen) atoms. The number of hydrogen-bond donors (Lipinski definition) is 0. The lowest BCUT2D eigenvalue weighted by Gasteiger charge is -2.44. The summed E-state index contributed by atoms with van der Waals surface area (Å²) in [5, 5.41) is 0.395. The van der Waals surface area contributed by atoms with Gasteiger partial charge >= 0.3 is 15.6 Å². The first-order valence-electron chi connectivity index (χ1n) is 16.3. The van der Waals surface area contributed by atoms with Crippen LogP contribution in [0.25, 0.3) is 0 Å². The molecule has 0 amide bonds. The number of alkyl halides is 3. The average Bonchev–Trinajstić information content (AvgIpc) is 3.51. The van der Waals surface area contributed by atoms with E-state index in [1.165, 1.54) is 5.57 Å². The molecule has 2 saturated carbocycles. The largest absolute Gasteiger partial charge is 0.534 e. The minimum atomic E-state index is -5.56. The smallest absolute Gasteiger partial charge is 0.413 e. The van der Waals surface area contributed by atoms with Crippen LogP contribution in [-0.2, 0) is 23.2 Å². The number of hydrogen-bond acceptors (Lipinski definition) is 5. The highest BCUT2D eigenvalue weighted by molar-refractivity contribution is 7.87. The highest BCUT2D eigenvalue weighted by Gasteiger charge is 2.75. The zero-order valence-corrected chi connectivity index (χ0v) is 32.6. The van der Waals surface area contributed by atoms with Gasteiger partial charge in [0.2, 0.25) is 0 Å². The fourth-order valence-corrected chi connectivity index (χ4v) is 10.3. The van der Waals surface area contributed by atoms with E-state index in [0.29, 0.717) is 12.3 Å². The average molecular weight is 691 g/mol. The molecule has 0 aromatic carbocycles. The molecule has 11 heteroatoms. The Morgan fingerprint density at radius 1 is 0.978 bits per heavy atom. The third kappa shape index (κ3) is 7.20. The van der Waals surface area contributed by atoms with Gasteiger partial charge in [0.05, 0.1) is 12.2 Å². The van der Waals surface area contributed by atoms with E-state index in [-0.39, 0.29) is 39.4 Å². The van der Waals surface area contributed by atoms with E-state index in [9.17, 15) is 21.6 Å². The second-order valence-electron chi connectivity index (χ2n) is 17.1. The normalized spacial score (nSPS) is 32.5. The highest BCUT2D eigenvalue weighted by Crippen LogP contribution is 2.79. The molecule has 0 saturated heterocycles. The molecule has 0 aliphatic heterocycles. The van der Waals surface area contributed by atoms with Crippen LogP contribution in [0.4, 0.5) is 13.2 Å². The van der Waals surface area contributed by atoms with Crippen LogP contribution in [0, 0.1) is 35.0 Å². The van der Waals surface area contributed by atoms with E-state index in [0.717, 1.165) is 37.7 Å². The van der Waals surface area contributed by atoms with Gasteiger partial charge in [0.1, 0.15) is 5.76 Å². The summed E-state index contributed by atoms with van der Waals surface area (Å²) in [5.74, 6) is 3.59. The van der Waals surface area contributed by atoms with Crippen molar-refractivity contribution in [2.45, 2.75) is 155 Å². The first-order valence-corrected chi connectivity index (χ1v) is 23.5. The van der Waals surface area contributed by atoms with E-state index in [1.54, 1.807) is 6.08 Å². The Labute approximate surface area is 273 Å². The molecule has 0 heterocycles. The van der Waals surface area contributed by atoms with Crippen molar-refractivity contribution in [3.63, 3.8) is 0 Å². The summed E-state index contributed by atoms with van der Waals surface area (Å²) in [5.41, 5.74) is -3.68. The van der Waals surface area contributed by atoms with Crippen molar-refractivity contribution in [3.05, 3.63) is 23.0 Å². The maximum absolute atomic E-state index is 12.5. The molecule has 4 aliphatic carbocycles. The molecule has 258 valence electrons. The predicted octanol–water partition coefficient (Wildman–Crippen LogP) is 10.1. The fourth-order valence-electron chi connectivity index (χ4n) is 7.06. The molecule has 0 N–H and O–H groups in total. The molecule has 0 bridgehead atoms. The van der Waals surface area contributed by atoms with Gasteiger partial charge in [0, 0.05) is 23.8 Å². The Balaban J connectivity index is 0.000000250. The Kier molecular flexibility index (Phi) is 10.3. The van der Waals surface area contributed by atoms with Crippen molar-refractivity contribution >= 4 is 26.8 Å². The first kappa shape index (κ1) is 38.4. The molecule has 4 aliphatic rings. The summed E-state index contributed by atoms with van der Waals surface area (Å²) < 4.78 is 78.0. The monoisotopic (exact) mass is 690 g/mol. The SMILES string of the molecule is C#CC1=C(C)C(O[Si](C)(C)C(C)(C)C)CC(O[Si](C)(C)C(C)(C)C)C1.C[C@H]1CC2CC23C(OS(=O)(=O)C(F)(F)F)=CCC[C@]13C. The minimum absolute atomic E-state index is 0.0397. The summed E-state index contributed by atoms with van der Waals surface area (Å²) in [6.07, 6.45) is 12.5. The minimum Gasteiger partial charge on any atom is -0.413 e.